The van der Waals surface area contributed by atoms with E-state index in [2.05, 4.69) is 116 Å². The second-order valence-electron chi connectivity index (χ2n) is 14.5. The topological polar surface area (TPSA) is 18.5 Å². The van der Waals surface area contributed by atoms with E-state index in [1.807, 2.05) is 0 Å². The first kappa shape index (κ1) is 31.3. The van der Waals surface area contributed by atoms with Gasteiger partial charge in [0.25, 0.3) is 0 Å². The molecule has 0 saturated carbocycles. The van der Waals surface area contributed by atoms with Gasteiger partial charge in [0.15, 0.2) is 0 Å². The fraction of sp³-hybridized carbons (Fsp3) is 0.487. The van der Waals surface area contributed by atoms with Crippen LogP contribution in [0.4, 0.5) is 0 Å². The molecule has 2 nitrogen and oxygen atoms in total. The Morgan fingerprint density at radius 3 is 1.31 bits per heavy atom. The number of unbranched alkanes of at least 4 members (excludes halogenated alkanes) is 2. The van der Waals surface area contributed by atoms with Crippen LogP contribution in [0, 0.1) is 0 Å². The van der Waals surface area contributed by atoms with Gasteiger partial charge in [-0.25, -0.2) is 0 Å². The van der Waals surface area contributed by atoms with Gasteiger partial charge in [-0.3, -0.25) is 0 Å². The van der Waals surface area contributed by atoms with Crippen molar-refractivity contribution in [1.82, 2.24) is 0 Å². The summed E-state index contributed by atoms with van der Waals surface area (Å²) in [5, 5.41) is 0. The molecule has 0 amide bonds. The van der Waals surface area contributed by atoms with Gasteiger partial charge >= 0.3 is 263 Å². The molecule has 3 aliphatic rings. The van der Waals surface area contributed by atoms with Crippen LogP contribution in [0.5, 0.6) is 11.5 Å². The third-order valence-electron chi connectivity index (χ3n) is 9.31. The Morgan fingerprint density at radius 2 is 0.976 bits per heavy atom. The fourth-order valence-corrected chi connectivity index (χ4v) is 16.4. The van der Waals surface area contributed by atoms with Crippen LogP contribution in [0.25, 0.3) is 0 Å². The Balaban J connectivity index is 1.70. The van der Waals surface area contributed by atoms with Gasteiger partial charge in [0, 0.05) is 0 Å². The summed E-state index contributed by atoms with van der Waals surface area (Å²) < 4.78 is 18.1. The normalized spacial score (nSPS) is 18.1. The molecular weight excluding hydrogens is 592 g/mol. The van der Waals surface area contributed by atoms with E-state index in [1.165, 1.54) is 43.4 Å². The molecule has 0 atom stereocenters. The molecule has 1 heterocycles. The Hall–Kier alpha value is -2.12. The van der Waals surface area contributed by atoms with Gasteiger partial charge in [-0.15, -0.1) is 0 Å². The maximum absolute atomic E-state index is 7.53. The van der Waals surface area contributed by atoms with Crippen LogP contribution in [-0.4, -0.2) is 0 Å². The number of hydrogen-bond acceptors (Lipinski definition) is 2. The Bertz CT molecular complexity index is 1290. The molecule has 0 spiro atoms. The molecule has 0 saturated heterocycles. The molecule has 0 N–H and O–H groups in total. The molecule has 0 aromatic heterocycles. The molecule has 0 radical (unpaired) electrons. The van der Waals surface area contributed by atoms with Crippen LogP contribution >= 0.6 is 0 Å². The van der Waals surface area contributed by atoms with E-state index in [0.29, 0.717) is 0 Å². The molecule has 0 unspecified atom stereocenters. The second-order valence-corrected chi connectivity index (χ2v) is 21.5. The van der Waals surface area contributed by atoms with Crippen molar-refractivity contribution < 1.29 is 26.8 Å². The fourth-order valence-electron chi connectivity index (χ4n) is 6.72. The zero-order valence-corrected chi connectivity index (χ0v) is 29.9. The van der Waals surface area contributed by atoms with Gasteiger partial charge in [-0.2, -0.15) is 0 Å². The van der Waals surface area contributed by atoms with Crippen molar-refractivity contribution in [3.05, 3.63) is 101 Å². The van der Waals surface area contributed by atoms with Gasteiger partial charge < -0.3 is 0 Å². The van der Waals surface area contributed by atoms with E-state index in [-0.39, 0.29) is 10.8 Å². The van der Waals surface area contributed by atoms with Crippen molar-refractivity contribution in [2.24, 2.45) is 0 Å². The minimum atomic E-state index is -4.22. The van der Waals surface area contributed by atoms with Crippen molar-refractivity contribution in [3.63, 3.8) is 0 Å². The van der Waals surface area contributed by atoms with Crippen LogP contribution < -0.4 is 5.63 Å². The predicted octanol–water partition coefficient (Wildman–Crippen LogP) is 11.7. The van der Waals surface area contributed by atoms with Crippen molar-refractivity contribution >= 4 is 0 Å². The van der Waals surface area contributed by atoms with Crippen molar-refractivity contribution in [3.8, 4) is 11.5 Å². The molecule has 2 aliphatic carbocycles. The average Bonchev–Trinajstić information content (AvgIpc) is 3.55. The molecule has 42 heavy (non-hydrogen) atoms. The third kappa shape index (κ3) is 6.38. The molecular formula is C39H52O2Zr. The number of benzene rings is 2. The van der Waals surface area contributed by atoms with Gasteiger partial charge in [-0.05, 0) is 0 Å². The summed E-state index contributed by atoms with van der Waals surface area (Å²) >= 11 is -4.22. The molecule has 3 heteroatoms. The molecule has 224 valence electrons. The molecule has 4 bridgehead atoms. The number of hydrogen-bond donors (Lipinski definition) is 0. The van der Waals surface area contributed by atoms with Crippen LogP contribution in [0.1, 0.15) is 124 Å². The Morgan fingerprint density at radius 1 is 0.595 bits per heavy atom. The summed E-state index contributed by atoms with van der Waals surface area (Å²) in [5.41, 5.74) is 9.07. The number of fused-ring (bicyclic) bond motifs is 2. The van der Waals surface area contributed by atoms with E-state index >= 15 is 0 Å². The van der Waals surface area contributed by atoms with Crippen LogP contribution in [-0.2, 0) is 32.0 Å². The standard InChI is InChI=1S/C19H26.2C10H14O.Zr/c1-3-5-9-16-11-7-13-18(16)15-19-14-8-12-17(19)10-6-4-2;2*1-10(2,3)8-4-6-9(11)7-5-8;/h13-14H,3-10,15H2,1-2H3;2*4-7,11H,1-3H3;/q;;;+2/p-2. The van der Waals surface area contributed by atoms with Gasteiger partial charge in [-0.1, -0.05) is 0 Å². The SMILES string of the molecule is CCCCC1=[C]2CC=C1CC1=CC[C](=C1CCCC)[Zr]2([O]c1ccc(C(C)(C)C)cc1)[O]c1ccc(C(C)(C)C)cc1. The van der Waals surface area contributed by atoms with E-state index in [9.17, 15) is 0 Å². The Kier molecular flexibility index (Phi) is 9.30. The molecule has 1 aliphatic heterocycles. The van der Waals surface area contributed by atoms with E-state index in [1.54, 1.807) is 22.3 Å². The molecule has 2 aromatic rings. The first-order valence-electron chi connectivity index (χ1n) is 16.4. The van der Waals surface area contributed by atoms with Crippen LogP contribution in [0.15, 0.2) is 89.5 Å². The minimum absolute atomic E-state index is 0.102. The van der Waals surface area contributed by atoms with Crippen molar-refractivity contribution in [2.75, 3.05) is 0 Å². The van der Waals surface area contributed by atoms with Crippen molar-refractivity contribution in [2.45, 2.75) is 124 Å². The first-order valence-corrected chi connectivity index (χ1v) is 20.9. The maximum atomic E-state index is 7.53. The van der Waals surface area contributed by atoms with Gasteiger partial charge in [0.2, 0.25) is 0 Å². The zero-order chi connectivity index (χ0) is 30.1. The van der Waals surface area contributed by atoms with Crippen molar-refractivity contribution in [1.29, 1.82) is 0 Å². The van der Waals surface area contributed by atoms with E-state index < -0.39 is 21.1 Å². The summed E-state index contributed by atoms with van der Waals surface area (Å²) in [6.45, 7) is 18.3. The summed E-state index contributed by atoms with van der Waals surface area (Å²) in [6, 6.07) is 17.8. The quantitative estimate of drug-likeness (QED) is 0.256. The predicted molar refractivity (Wildman–Crippen MR) is 175 cm³/mol. The molecule has 2 aromatic carbocycles. The summed E-state index contributed by atoms with van der Waals surface area (Å²) in [7, 11) is 0. The average molecular weight is 644 g/mol. The third-order valence-corrected chi connectivity index (χ3v) is 18.3. The molecule has 0 fully saturated rings. The van der Waals surface area contributed by atoms with Gasteiger partial charge in [0.05, 0.1) is 0 Å². The van der Waals surface area contributed by atoms with E-state index in [4.69, 9.17) is 5.63 Å². The second kappa shape index (κ2) is 12.5. The summed E-state index contributed by atoms with van der Waals surface area (Å²) in [5.74, 6) is 1.91. The monoisotopic (exact) mass is 642 g/mol. The summed E-state index contributed by atoms with van der Waals surface area (Å²) in [4.78, 5) is 0. The van der Waals surface area contributed by atoms with Crippen LogP contribution in [0.3, 0.4) is 0 Å². The summed E-state index contributed by atoms with van der Waals surface area (Å²) in [6.07, 6.45) is 15.1. The number of allylic oxidation sites excluding steroid dienone is 8. The zero-order valence-electron chi connectivity index (χ0n) is 27.5. The van der Waals surface area contributed by atoms with E-state index in [0.717, 1.165) is 43.6 Å². The Labute approximate surface area is 261 Å². The molecule has 5 rings (SSSR count). The van der Waals surface area contributed by atoms with Gasteiger partial charge in [0.1, 0.15) is 0 Å². The van der Waals surface area contributed by atoms with Crippen LogP contribution in [0.2, 0.25) is 0 Å². The first-order chi connectivity index (χ1) is 20.0. The number of rotatable bonds is 10.